The highest BCUT2D eigenvalue weighted by Gasteiger charge is 2.50. The van der Waals surface area contributed by atoms with Gasteiger partial charge >= 0.3 is 0 Å². The zero-order valence-electron chi connectivity index (χ0n) is 18.5. The van der Waals surface area contributed by atoms with Gasteiger partial charge in [-0.25, -0.2) is 9.67 Å². The predicted molar refractivity (Wildman–Crippen MR) is 129 cm³/mol. The third kappa shape index (κ3) is 4.25. The van der Waals surface area contributed by atoms with E-state index in [1.807, 2.05) is 23.9 Å². The number of benzene rings is 1. The average Bonchev–Trinajstić information content (AvgIpc) is 3.42. The fourth-order valence-corrected chi connectivity index (χ4v) is 6.97. The molecule has 6 rings (SSSR count). The van der Waals surface area contributed by atoms with Crippen LogP contribution in [-0.2, 0) is 21.8 Å². The van der Waals surface area contributed by atoms with Crippen molar-refractivity contribution >= 4 is 35.0 Å². The third-order valence-corrected chi connectivity index (χ3v) is 9.11. The number of hydrogen-bond donors (Lipinski definition) is 0. The van der Waals surface area contributed by atoms with Crippen molar-refractivity contribution in [2.75, 3.05) is 18.1 Å². The van der Waals surface area contributed by atoms with Crippen LogP contribution in [0.15, 0.2) is 42.5 Å². The van der Waals surface area contributed by atoms with Gasteiger partial charge in [0, 0.05) is 16.3 Å². The first-order valence-corrected chi connectivity index (χ1v) is 13.1. The van der Waals surface area contributed by atoms with E-state index in [1.165, 1.54) is 25.6 Å². The van der Waals surface area contributed by atoms with Crippen LogP contribution in [0.2, 0.25) is 10.0 Å². The summed E-state index contributed by atoms with van der Waals surface area (Å²) in [5.41, 5.74) is 2.93. The Morgan fingerprint density at radius 2 is 2.16 bits per heavy atom. The van der Waals surface area contributed by atoms with Crippen molar-refractivity contribution in [2.45, 2.75) is 51.5 Å². The first-order valence-electron chi connectivity index (χ1n) is 11.2. The van der Waals surface area contributed by atoms with Crippen LogP contribution in [0.1, 0.15) is 38.7 Å². The maximum atomic E-state index is 6.54. The van der Waals surface area contributed by atoms with Crippen LogP contribution in [0.3, 0.4) is 0 Å². The molecule has 0 N–H and O–H groups in total. The lowest BCUT2D eigenvalue weighted by Crippen LogP contribution is -2.48. The topological polar surface area (TPSA) is 49.2 Å². The number of ether oxygens (including phenoxy) is 2. The molecule has 4 aliphatic rings. The van der Waals surface area contributed by atoms with Crippen molar-refractivity contribution in [1.29, 1.82) is 0 Å². The Labute approximate surface area is 203 Å². The predicted octanol–water partition coefficient (Wildman–Crippen LogP) is 5.97. The zero-order chi connectivity index (χ0) is 22.3. The molecule has 8 heteroatoms. The van der Waals surface area contributed by atoms with Crippen molar-refractivity contribution in [3.05, 3.63) is 58.1 Å². The van der Waals surface area contributed by atoms with E-state index in [1.54, 1.807) is 22.6 Å². The molecule has 2 fully saturated rings. The fraction of sp³-hybridized carbons (Fsp3) is 0.583. The molecule has 2 bridgehead atoms. The lowest BCUT2D eigenvalue weighted by Gasteiger charge is -2.56. The normalized spacial score (nSPS) is 30.8. The Morgan fingerprint density at radius 1 is 1.28 bits per heavy atom. The SMILES string of the molecule is CC1(C)[C@H]2CC=C(CCSC[C@H]3CO[C@](Cn4cncn4)(c4ccc(Cl)cc4Cl)O3)[C@@H]1C2. The summed E-state index contributed by atoms with van der Waals surface area (Å²) < 4.78 is 14.5. The molecule has 0 radical (unpaired) electrons. The summed E-state index contributed by atoms with van der Waals surface area (Å²) in [5.74, 6) is 2.67. The van der Waals surface area contributed by atoms with Crippen LogP contribution >= 0.6 is 35.0 Å². The summed E-state index contributed by atoms with van der Waals surface area (Å²) in [7, 11) is 0. The van der Waals surface area contributed by atoms with E-state index in [-0.39, 0.29) is 6.10 Å². The minimum atomic E-state index is -1.00. The molecule has 4 atom stereocenters. The lowest BCUT2D eigenvalue weighted by molar-refractivity contribution is -0.186. The average molecular weight is 494 g/mol. The maximum Gasteiger partial charge on any atom is 0.217 e. The molecule has 2 aromatic rings. The molecule has 0 spiro atoms. The largest absolute Gasteiger partial charge is 0.342 e. The van der Waals surface area contributed by atoms with E-state index in [0.29, 0.717) is 28.6 Å². The highest BCUT2D eigenvalue weighted by Crippen LogP contribution is 2.59. The van der Waals surface area contributed by atoms with Crippen molar-refractivity contribution in [1.82, 2.24) is 14.8 Å². The summed E-state index contributed by atoms with van der Waals surface area (Å²) >= 11 is 14.6. The van der Waals surface area contributed by atoms with Gasteiger partial charge in [0.2, 0.25) is 5.79 Å². The minimum absolute atomic E-state index is 0.0138. The van der Waals surface area contributed by atoms with Crippen LogP contribution in [0, 0.1) is 17.3 Å². The van der Waals surface area contributed by atoms with Crippen LogP contribution < -0.4 is 0 Å². The quantitative estimate of drug-likeness (QED) is 0.334. The molecule has 0 unspecified atom stereocenters. The van der Waals surface area contributed by atoms with E-state index in [2.05, 4.69) is 30.0 Å². The molecule has 1 aromatic carbocycles. The first kappa shape index (κ1) is 22.7. The molecule has 1 saturated carbocycles. The second-order valence-corrected chi connectivity index (χ2v) is 11.7. The molecule has 0 amide bonds. The van der Waals surface area contributed by atoms with E-state index in [0.717, 1.165) is 28.9 Å². The summed E-state index contributed by atoms with van der Waals surface area (Å²) in [6.07, 6.45) is 9.47. The van der Waals surface area contributed by atoms with Gasteiger partial charge in [0.05, 0.1) is 17.7 Å². The van der Waals surface area contributed by atoms with E-state index >= 15 is 0 Å². The zero-order valence-corrected chi connectivity index (χ0v) is 20.8. The second kappa shape index (κ2) is 8.95. The van der Waals surface area contributed by atoms with Crippen molar-refractivity contribution < 1.29 is 9.47 Å². The van der Waals surface area contributed by atoms with E-state index in [4.69, 9.17) is 32.7 Å². The van der Waals surface area contributed by atoms with Gasteiger partial charge in [0.1, 0.15) is 19.2 Å². The number of nitrogens with zero attached hydrogens (tertiary/aromatic N) is 3. The molecule has 172 valence electrons. The molecule has 2 heterocycles. The maximum absolute atomic E-state index is 6.54. The number of thioether (sulfide) groups is 1. The van der Waals surface area contributed by atoms with Crippen LogP contribution in [0.4, 0.5) is 0 Å². The van der Waals surface area contributed by atoms with Gasteiger partial charge in [-0.2, -0.15) is 16.9 Å². The molecule has 5 nitrogen and oxygen atoms in total. The van der Waals surface area contributed by atoms with Crippen molar-refractivity contribution in [2.24, 2.45) is 17.3 Å². The third-order valence-electron chi connectivity index (χ3n) is 7.46. The van der Waals surface area contributed by atoms with Gasteiger partial charge in [-0.3, -0.25) is 0 Å². The van der Waals surface area contributed by atoms with Gasteiger partial charge in [-0.1, -0.05) is 54.8 Å². The summed E-state index contributed by atoms with van der Waals surface area (Å²) in [5, 5.41) is 5.34. The number of hydrogen-bond acceptors (Lipinski definition) is 5. The Morgan fingerprint density at radius 3 is 2.88 bits per heavy atom. The molecule has 1 aromatic heterocycles. The molecule has 1 aliphatic heterocycles. The first-order chi connectivity index (χ1) is 15.4. The Hall–Kier alpha value is -1.05. The highest BCUT2D eigenvalue weighted by atomic mass is 35.5. The Bertz CT molecular complexity index is 997. The van der Waals surface area contributed by atoms with Gasteiger partial charge in [-0.05, 0) is 54.4 Å². The fourth-order valence-electron chi connectivity index (χ4n) is 5.44. The highest BCUT2D eigenvalue weighted by molar-refractivity contribution is 7.99. The summed E-state index contributed by atoms with van der Waals surface area (Å²) in [6.45, 7) is 5.76. The Kier molecular flexibility index (Phi) is 6.36. The standard InChI is InChI=1S/C24H29Cl2N3O2S/c1-23(2)17-4-3-16(21(23)9-17)7-8-32-12-19-11-30-24(31-19,13-29-15-27-14-28-29)20-6-5-18(25)10-22(20)26/h3,5-6,10,14-15,17,19,21H,4,7-9,11-13H2,1-2H3/t17-,19+,21-,24-/m0/s1. The lowest BCUT2D eigenvalue weighted by atomic mass is 9.48. The molecular formula is C24H29Cl2N3O2S. The van der Waals surface area contributed by atoms with Crippen molar-refractivity contribution in [3.63, 3.8) is 0 Å². The Balaban J connectivity index is 1.21. The number of rotatable bonds is 8. The van der Waals surface area contributed by atoms with Gasteiger partial charge < -0.3 is 9.47 Å². The number of aromatic nitrogens is 3. The van der Waals surface area contributed by atoms with Gasteiger partial charge in [0.25, 0.3) is 0 Å². The summed E-state index contributed by atoms with van der Waals surface area (Å²) in [6, 6.07) is 5.41. The molecule has 32 heavy (non-hydrogen) atoms. The van der Waals surface area contributed by atoms with Crippen LogP contribution in [0.25, 0.3) is 0 Å². The second-order valence-electron chi connectivity index (χ2n) is 9.67. The van der Waals surface area contributed by atoms with Gasteiger partial charge in [-0.15, -0.1) is 0 Å². The minimum Gasteiger partial charge on any atom is -0.342 e. The molecule has 1 saturated heterocycles. The monoisotopic (exact) mass is 493 g/mol. The van der Waals surface area contributed by atoms with Crippen LogP contribution in [0.5, 0.6) is 0 Å². The van der Waals surface area contributed by atoms with E-state index in [9.17, 15) is 0 Å². The van der Waals surface area contributed by atoms with Crippen molar-refractivity contribution in [3.8, 4) is 0 Å². The van der Waals surface area contributed by atoms with Crippen LogP contribution in [-0.4, -0.2) is 39.0 Å². The van der Waals surface area contributed by atoms with Gasteiger partial charge in [0.15, 0.2) is 0 Å². The molecular weight excluding hydrogens is 465 g/mol. The van der Waals surface area contributed by atoms with E-state index < -0.39 is 5.79 Å². The smallest absolute Gasteiger partial charge is 0.217 e. The number of allylic oxidation sites excluding steroid dienone is 2. The molecule has 3 aliphatic carbocycles. The number of halogens is 2. The number of fused-ring (bicyclic) bond motifs is 1. The summed E-state index contributed by atoms with van der Waals surface area (Å²) in [4.78, 5) is 4.05.